The number of aryl methyl sites for hydroxylation is 1. The summed E-state index contributed by atoms with van der Waals surface area (Å²) in [6, 6.07) is 5.73. The van der Waals surface area contributed by atoms with Gasteiger partial charge in [-0.2, -0.15) is 0 Å². The van der Waals surface area contributed by atoms with Crippen LogP contribution in [0, 0.1) is 6.92 Å². The minimum atomic E-state index is 0. The molecular formula is C10H12Br2O. The molecule has 13 heavy (non-hydrogen) atoms. The van der Waals surface area contributed by atoms with E-state index in [9.17, 15) is 4.79 Å². The summed E-state index contributed by atoms with van der Waals surface area (Å²) in [6.45, 7) is 1.93. The van der Waals surface area contributed by atoms with Gasteiger partial charge in [-0.05, 0) is 18.6 Å². The van der Waals surface area contributed by atoms with Gasteiger partial charge in [0.2, 0.25) is 0 Å². The van der Waals surface area contributed by atoms with Crippen molar-refractivity contribution >= 4 is 37.6 Å². The number of benzene rings is 1. The van der Waals surface area contributed by atoms with E-state index in [-0.39, 0.29) is 13.2 Å². The number of rotatable bonds is 2. The average molecular weight is 308 g/mol. The van der Waals surface area contributed by atoms with E-state index in [2.05, 4.69) is 31.9 Å². The molecular weight excluding hydrogens is 296 g/mol. The zero-order valence-electron chi connectivity index (χ0n) is 6.60. The van der Waals surface area contributed by atoms with Crippen LogP contribution in [-0.4, -0.2) is 11.1 Å². The highest BCUT2D eigenvalue weighted by Crippen LogP contribution is 2.20. The normalized spacial score (nSPS) is 9.15. The van der Waals surface area contributed by atoms with E-state index in [1.165, 1.54) is 0 Å². The van der Waals surface area contributed by atoms with Crippen molar-refractivity contribution in [3.8, 4) is 0 Å². The van der Waals surface area contributed by atoms with E-state index >= 15 is 0 Å². The molecule has 0 aliphatic rings. The van der Waals surface area contributed by atoms with Crippen LogP contribution in [0.2, 0.25) is 0 Å². The number of halogens is 2. The van der Waals surface area contributed by atoms with Crippen molar-refractivity contribution in [2.45, 2.75) is 14.4 Å². The van der Waals surface area contributed by atoms with Crippen LogP contribution in [0.1, 0.15) is 23.3 Å². The molecule has 1 aromatic rings. The van der Waals surface area contributed by atoms with Gasteiger partial charge in [-0.3, -0.25) is 4.79 Å². The van der Waals surface area contributed by atoms with Crippen LogP contribution in [0.15, 0.2) is 22.7 Å². The first-order valence-electron chi connectivity index (χ1n) is 3.51. The van der Waals surface area contributed by atoms with Crippen LogP contribution in [0.25, 0.3) is 0 Å². The number of hydrogen-bond acceptors (Lipinski definition) is 1. The predicted octanol–water partition coefficient (Wildman–Crippen LogP) is 3.97. The quantitative estimate of drug-likeness (QED) is 0.597. The van der Waals surface area contributed by atoms with Gasteiger partial charge >= 0.3 is 0 Å². The molecule has 0 aliphatic heterocycles. The molecule has 0 amide bonds. The lowest BCUT2D eigenvalue weighted by atomic mass is 10.1. The van der Waals surface area contributed by atoms with Crippen molar-refractivity contribution in [1.82, 2.24) is 0 Å². The SMILES string of the molecule is C.Cc1cccc(Br)c1C(=O)CBr. The first-order chi connectivity index (χ1) is 5.66. The molecule has 1 nitrogen and oxygen atoms in total. The number of Topliss-reactive ketones (excluding diaryl/α,β-unsaturated/α-hetero) is 1. The number of hydrogen-bond donors (Lipinski definition) is 0. The third kappa shape index (κ3) is 2.92. The third-order valence-corrected chi connectivity index (χ3v) is 2.79. The maximum atomic E-state index is 11.4. The Hall–Kier alpha value is -0.150. The molecule has 0 fully saturated rings. The highest BCUT2D eigenvalue weighted by molar-refractivity contribution is 9.10. The van der Waals surface area contributed by atoms with Crippen LogP contribution in [-0.2, 0) is 0 Å². The summed E-state index contributed by atoms with van der Waals surface area (Å²) < 4.78 is 0.868. The Bertz CT molecular complexity index is 288. The van der Waals surface area contributed by atoms with Crippen molar-refractivity contribution < 1.29 is 4.79 Å². The summed E-state index contributed by atoms with van der Waals surface area (Å²) in [4.78, 5) is 11.4. The standard InChI is InChI=1S/C9H8Br2O.CH4/c1-6-3-2-4-7(11)9(6)8(12)5-10;/h2-4H,5H2,1H3;1H4. The zero-order chi connectivity index (χ0) is 9.14. The van der Waals surface area contributed by atoms with E-state index < -0.39 is 0 Å². The van der Waals surface area contributed by atoms with E-state index in [1.54, 1.807) is 0 Å². The summed E-state index contributed by atoms with van der Waals surface area (Å²) in [5.74, 6) is 0.111. The lowest BCUT2D eigenvalue weighted by molar-refractivity contribution is 0.102. The van der Waals surface area contributed by atoms with Crippen LogP contribution >= 0.6 is 31.9 Å². The molecule has 0 radical (unpaired) electrons. The molecule has 0 saturated carbocycles. The highest BCUT2D eigenvalue weighted by atomic mass is 79.9. The van der Waals surface area contributed by atoms with Gasteiger partial charge in [-0.1, -0.05) is 51.4 Å². The summed E-state index contributed by atoms with van der Waals surface area (Å²) in [6.07, 6.45) is 0. The van der Waals surface area contributed by atoms with Gasteiger partial charge in [-0.25, -0.2) is 0 Å². The second kappa shape index (κ2) is 5.55. The number of alkyl halides is 1. The maximum Gasteiger partial charge on any atom is 0.174 e. The Morgan fingerprint density at radius 1 is 1.46 bits per heavy atom. The number of carbonyl (C=O) groups excluding carboxylic acids is 1. The largest absolute Gasteiger partial charge is 0.293 e. The van der Waals surface area contributed by atoms with Gasteiger partial charge in [0.15, 0.2) is 5.78 Å². The summed E-state index contributed by atoms with van der Waals surface area (Å²) in [7, 11) is 0. The molecule has 0 atom stereocenters. The van der Waals surface area contributed by atoms with Gasteiger partial charge in [0.25, 0.3) is 0 Å². The van der Waals surface area contributed by atoms with Crippen molar-refractivity contribution in [2.24, 2.45) is 0 Å². The Labute approximate surface area is 95.8 Å². The molecule has 1 rings (SSSR count). The monoisotopic (exact) mass is 306 g/mol. The van der Waals surface area contributed by atoms with Crippen molar-refractivity contribution in [1.29, 1.82) is 0 Å². The molecule has 72 valence electrons. The topological polar surface area (TPSA) is 17.1 Å². The Balaban J connectivity index is 0.00000144. The molecule has 0 heterocycles. The molecule has 0 N–H and O–H groups in total. The maximum absolute atomic E-state index is 11.4. The van der Waals surface area contributed by atoms with Gasteiger partial charge < -0.3 is 0 Å². The molecule has 0 aromatic heterocycles. The second-order valence-corrected chi connectivity index (χ2v) is 3.90. The number of carbonyl (C=O) groups is 1. The first kappa shape index (κ1) is 12.8. The minimum absolute atomic E-state index is 0. The molecule has 0 unspecified atom stereocenters. The Morgan fingerprint density at radius 3 is 2.54 bits per heavy atom. The van der Waals surface area contributed by atoms with E-state index in [4.69, 9.17) is 0 Å². The Kier molecular flexibility index (Phi) is 5.49. The fraction of sp³-hybridized carbons (Fsp3) is 0.300. The first-order valence-corrected chi connectivity index (χ1v) is 5.42. The zero-order valence-corrected chi connectivity index (χ0v) is 9.78. The van der Waals surface area contributed by atoms with Gasteiger partial charge in [0, 0.05) is 10.0 Å². The van der Waals surface area contributed by atoms with Crippen molar-refractivity contribution in [3.05, 3.63) is 33.8 Å². The lowest BCUT2D eigenvalue weighted by Gasteiger charge is -2.04. The van der Waals surface area contributed by atoms with E-state index in [1.807, 2.05) is 25.1 Å². The van der Waals surface area contributed by atoms with Crippen LogP contribution in [0.4, 0.5) is 0 Å². The predicted molar refractivity (Wildman–Crippen MR) is 63.7 cm³/mol. The molecule has 0 bridgehead atoms. The summed E-state index contributed by atoms with van der Waals surface area (Å²) in [5.41, 5.74) is 1.78. The van der Waals surface area contributed by atoms with Gasteiger partial charge in [0.1, 0.15) is 0 Å². The van der Waals surface area contributed by atoms with E-state index in [0.717, 1.165) is 15.6 Å². The fourth-order valence-electron chi connectivity index (χ4n) is 1.05. The molecule has 0 saturated heterocycles. The minimum Gasteiger partial charge on any atom is -0.293 e. The fourth-order valence-corrected chi connectivity index (χ4v) is 2.02. The highest BCUT2D eigenvalue weighted by Gasteiger charge is 2.10. The average Bonchev–Trinajstić information content (AvgIpc) is 2.03. The molecule has 0 spiro atoms. The van der Waals surface area contributed by atoms with E-state index in [0.29, 0.717) is 5.33 Å². The van der Waals surface area contributed by atoms with Crippen LogP contribution in [0.3, 0.4) is 0 Å². The van der Waals surface area contributed by atoms with Crippen LogP contribution < -0.4 is 0 Å². The molecule has 0 aliphatic carbocycles. The number of ketones is 1. The molecule has 1 aromatic carbocycles. The van der Waals surface area contributed by atoms with Gasteiger partial charge in [-0.15, -0.1) is 0 Å². The summed E-state index contributed by atoms with van der Waals surface area (Å²) >= 11 is 6.50. The smallest absolute Gasteiger partial charge is 0.174 e. The van der Waals surface area contributed by atoms with Crippen LogP contribution in [0.5, 0.6) is 0 Å². The third-order valence-electron chi connectivity index (χ3n) is 1.62. The van der Waals surface area contributed by atoms with Crippen molar-refractivity contribution in [3.63, 3.8) is 0 Å². The molecule has 3 heteroatoms. The lowest BCUT2D eigenvalue weighted by Crippen LogP contribution is -2.03. The van der Waals surface area contributed by atoms with Crippen molar-refractivity contribution in [2.75, 3.05) is 5.33 Å². The summed E-state index contributed by atoms with van der Waals surface area (Å²) in [5, 5.41) is 0.371. The second-order valence-electron chi connectivity index (χ2n) is 2.49. The van der Waals surface area contributed by atoms with Gasteiger partial charge in [0.05, 0.1) is 5.33 Å². The Morgan fingerprint density at radius 2 is 2.08 bits per heavy atom.